The predicted octanol–water partition coefficient (Wildman–Crippen LogP) is 3.37. The Balaban J connectivity index is 2.23. The number of nitriles is 1. The average molecular weight is 266 g/mol. The SMILES string of the molecule is CC(C)CCn1nnc(C#N)c1/C=C/c1ccccc1. The maximum atomic E-state index is 9.11. The Morgan fingerprint density at radius 2 is 2.00 bits per heavy atom. The van der Waals surface area contributed by atoms with Crippen molar-refractivity contribution >= 4 is 12.2 Å². The maximum absolute atomic E-state index is 9.11. The van der Waals surface area contributed by atoms with Gasteiger partial charge in [0, 0.05) is 6.54 Å². The third-order valence-corrected chi connectivity index (χ3v) is 3.03. The molecule has 0 bridgehead atoms. The van der Waals surface area contributed by atoms with Gasteiger partial charge in [0.05, 0.1) is 5.69 Å². The number of aryl methyl sites for hydroxylation is 1. The molecule has 1 heterocycles. The van der Waals surface area contributed by atoms with Crippen LogP contribution in [0.15, 0.2) is 30.3 Å². The smallest absolute Gasteiger partial charge is 0.190 e. The van der Waals surface area contributed by atoms with Gasteiger partial charge in [-0.15, -0.1) is 5.10 Å². The second-order valence-electron chi connectivity index (χ2n) is 5.08. The molecule has 0 N–H and O–H groups in total. The molecule has 0 saturated heterocycles. The second kappa shape index (κ2) is 6.67. The van der Waals surface area contributed by atoms with Crippen LogP contribution in [0, 0.1) is 17.2 Å². The highest BCUT2D eigenvalue weighted by Gasteiger charge is 2.09. The maximum Gasteiger partial charge on any atom is 0.190 e. The van der Waals surface area contributed by atoms with Crippen molar-refractivity contribution in [3.8, 4) is 6.07 Å². The summed E-state index contributed by atoms with van der Waals surface area (Å²) in [5.74, 6) is 0.593. The quantitative estimate of drug-likeness (QED) is 0.833. The highest BCUT2D eigenvalue weighted by molar-refractivity contribution is 5.69. The minimum Gasteiger partial charge on any atom is -0.244 e. The van der Waals surface area contributed by atoms with Crippen molar-refractivity contribution in [1.29, 1.82) is 5.26 Å². The summed E-state index contributed by atoms with van der Waals surface area (Å²) >= 11 is 0. The molecule has 0 amide bonds. The van der Waals surface area contributed by atoms with E-state index in [1.165, 1.54) is 0 Å². The van der Waals surface area contributed by atoms with E-state index in [1.807, 2.05) is 42.5 Å². The van der Waals surface area contributed by atoms with Crippen LogP contribution in [0.25, 0.3) is 12.2 Å². The molecule has 20 heavy (non-hydrogen) atoms. The van der Waals surface area contributed by atoms with E-state index in [-0.39, 0.29) is 0 Å². The van der Waals surface area contributed by atoms with E-state index in [4.69, 9.17) is 5.26 Å². The Morgan fingerprint density at radius 3 is 2.65 bits per heavy atom. The van der Waals surface area contributed by atoms with Crippen LogP contribution >= 0.6 is 0 Å². The average Bonchev–Trinajstić information content (AvgIpc) is 2.86. The van der Waals surface area contributed by atoms with Crippen molar-refractivity contribution in [3.05, 3.63) is 47.3 Å². The molecule has 0 radical (unpaired) electrons. The number of benzene rings is 1. The number of nitrogens with zero attached hydrogens (tertiary/aromatic N) is 4. The van der Waals surface area contributed by atoms with Gasteiger partial charge in [-0.1, -0.05) is 55.5 Å². The molecule has 0 unspecified atom stereocenters. The van der Waals surface area contributed by atoms with Gasteiger partial charge in [-0.2, -0.15) is 5.26 Å². The fraction of sp³-hybridized carbons (Fsp3) is 0.312. The zero-order valence-corrected chi connectivity index (χ0v) is 11.8. The van der Waals surface area contributed by atoms with Crippen molar-refractivity contribution < 1.29 is 0 Å². The van der Waals surface area contributed by atoms with Crippen LogP contribution in [0.5, 0.6) is 0 Å². The standard InChI is InChI=1S/C16H18N4/c1-13(2)10-11-20-16(15(12-17)18-19-20)9-8-14-6-4-3-5-7-14/h3-9,13H,10-11H2,1-2H3/b9-8+. The first kappa shape index (κ1) is 14.0. The summed E-state index contributed by atoms with van der Waals surface area (Å²) in [4.78, 5) is 0. The third-order valence-electron chi connectivity index (χ3n) is 3.03. The topological polar surface area (TPSA) is 54.5 Å². The highest BCUT2D eigenvalue weighted by atomic mass is 15.4. The van der Waals surface area contributed by atoms with Gasteiger partial charge >= 0.3 is 0 Å². The molecule has 2 rings (SSSR count). The summed E-state index contributed by atoms with van der Waals surface area (Å²) in [6, 6.07) is 12.1. The van der Waals surface area contributed by atoms with Crippen molar-refractivity contribution in [2.24, 2.45) is 5.92 Å². The highest BCUT2D eigenvalue weighted by Crippen LogP contribution is 2.12. The molecular weight excluding hydrogens is 248 g/mol. The fourth-order valence-corrected chi connectivity index (χ4v) is 1.85. The van der Waals surface area contributed by atoms with E-state index in [9.17, 15) is 0 Å². The monoisotopic (exact) mass is 266 g/mol. The number of hydrogen-bond acceptors (Lipinski definition) is 3. The number of aromatic nitrogens is 3. The van der Waals surface area contributed by atoms with Crippen LogP contribution in [-0.2, 0) is 6.54 Å². The third kappa shape index (κ3) is 3.55. The van der Waals surface area contributed by atoms with E-state index in [0.717, 1.165) is 24.2 Å². The molecule has 0 fully saturated rings. The van der Waals surface area contributed by atoms with Gasteiger partial charge in [-0.05, 0) is 24.0 Å². The van der Waals surface area contributed by atoms with E-state index in [2.05, 4.69) is 30.2 Å². The first-order chi connectivity index (χ1) is 9.70. The summed E-state index contributed by atoms with van der Waals surface area (Å²) in [5.41, 5.74) is 2.24. The van der Waals surface area contributed by atoms with Crippen LogP contribution < -0.4 is 0 Å². The summed E-state index contributed by atoms with van der Waals surface area (Å²) in [7, 11) is 0. The largest absolute Gasteiger partial charge is 0.244 e. The molecule has 1 aromatic heterocycles. The zero-order valence-electron chi connectivity index (χ0n) is 11.8. The van der Waals surface area contributed by atoms with Gasteiger partial charge in [-0.25, -0.2) is 4.68 Å². The molecule has 0 aliphatic heterocycles. The second-order valence-corrected chi connectivity index (χ2v) is 5.08. The lowest BCUT2D eigenvalue weighted by molar-refractivity contribution is 0.476. The molecule has 0 aliphatic rings. The van der Waals surface area contributed by atoms with E-state index in [1.54, 1.807) is 4.68 Å². The zero-order chi connectivity index (χ0) is 14.4. The summed E-state index contributed by atoms with van der Waals surface area (Å²) < 4.78 is 1.80. The predicted molar refractivity (Wildman–Crippen MR) is 79.6 cm³/mol. The molecule has 0 atom stereocenters. The van der Waals surface area contributed by atoms with Gasteiger partial charge in [0.15, 0.2) is 5.69 Å². The molecular formula is C16H18N4. The normalized spacial score (nSPS) is 11.1. The van der Waals surface area contributed by atoms with Crippen LogP contribution in [0.4, 0.5) is 0 Å². The van der Waals surface area contributed by atoms with E-state index < -0.39 is 0 Å². The molecule has 0 spiro atoms. The lowest BCUT2D eigenvalue weighted by Crippen LogP contribution is -2.05. The Kier molecular flexibility index (Phi) is 4.67. The van der Waals surface area contributed by atoms with E-state index in [0.29, 0.717) is 11.6 Å². The Morgan fingerprint density at radius 1 is 1.25 bits per heavy atom. The number of rotatable bonds is 5. The lowest BCUT2D eigenvalue weighted by atomic mass is 10.1. The minimum absolute atomic E-state index is 0.376. The minimum atomic E-state index is 0.376. The van der Waals surface area contributed by atoms with Crippen LogP contribution in [0.2, 0.25) is 0 Å². The lowest BCUT2D eigenvalue weighted by Gasteiger charge is -2.05. The summed E-state index contributed by atoms with van der Waals surface area (Å²) in [5, 5.41) is 17.1. The van der Waals surface area contributed by atoms with Crippen molar-refractivity contribution in [2.75, 3.05) is 0 Å². The van der Waals surface area contributed by atoms with Gasteiger partial charge in [0.1, 0.15) is 6.07 Å². The Hall–Kier alpha value is -2.41. The van der Waals surface area contributed by atoms with Crippen LogP contribution in [-0.4, -0.2) is 15.0 Å². The Labute approximate surface area is 119 Å². The first-order valence-electron chi connectivity index (χ1n) is 6.77. The molecule has 0 saturated carbocycles. The summed E-state index contributed by atoms with van der Waals surface area (Å²) in [6.07, 6.45) is 4.90. The van der Waals surface area contributed by atoms with E-state index >= 15 is 0 Å². The summed E-state index contributed by atoms with van der Waals surface area (Å²) in [6.45, 7) is 5.12. The molecule has 1 aromatic carbocycles. The van der Waals surface area contributed by atoms with Gasteiger partial charge < -0.3 is 0 Å². The van der Waals surface area contributed by atoms with Crippen LogP contribution in [0.1, 0.15) is 37.2 Å². The molecule has 4 heteroatoms. The van der Waals surface area contributed by atoms with Gasteiger partial charge in [0.2, 0.25) is 0 Å². The fourth-order valence-electron chi connectivity index (χ4n) is 1.85. The Bertz CT molecular complexity index is 618. The van der Waals surface area contributed by atoms with Crippen molar-refractivity contribution in [3.63, 3.8) is 0 Å². The van der Waals surface area contributed by atoms with Crippen LogP contribution in [0.3, 0.4) is 0 Å². The molecule has 2 aromatic rings. The molecule has 0 aliphatic carbocycles. The molecule has 4 nitrogen and oxygen atoms in total. The van der Waals surface area contributed by atoms with Crippen molar-refractivity contribution in [1.82, 2.24) is 15.0 Å². The first-order valence-corrected chi connectivity index (χ1v) is 6.77. The molecule has 102 valence electrons. The van der Waals surface area contributed by atoms with Gasteiger partial charge in [0.25, 0.3) is 0 Å². The van der Waals surface area contributed by atoms with Gasteiger partial charge in [-0.3, -0.25) is 0 Å². The van der Waals surface area contributed by atoms with Crippen molar-refractivity contribution in [2.45, 2.75) is 26.8 Å². The number of hydrogen-bond donors (Lipinski definition) is 0.